The first-order valence-corrected chi connectivity index (χ1v) is 10.2. The van der Waals surface area contributed by atoms with Crippen molar-refractivity contribution in [2.45, 2.75) is 44.4 Å². The molecule has 1 aromatic rings. The molecule has 140 valence electrons. The van der Waals surface area contributed by atoms with Gasteiger partial charge in [0.1, 0.15) is 11.6 Å². The molecule has 2 aliphatic carbocycles. The lowest BCUT2D eigenvalue weighted by atomic mass is 9.57. The summed E-state index contributed by atoms with van der Waals surface area (Å²) in [5.74, 6) is 1.61. The van der Waals surface area contributed by atoms with Crippen LogP contribution in [0.5, 0.6) is 5.75 Å². The Morgan fingerprint density at radius 2 is 1.92 bits per heavy atom. The lowest BCUT2D eigenvalue weighted by Crippen LogP contribution is -2.47. The van der Waals surface area contributed by atoms with E-state index in [9.17, 15) is 9.50 Å². The molecular weight excluding hydrogens is 325 g/mol. The molecule has 1 saturated carbocycles. The van der Waals surface area contributed by atoms with Gasteiger partial charge in [0.25, 0.3) is 0 Å². The molecule has 26 heavy (non-hydrogen) atoms. The number of aromatic hydroxyl groups is 1. The lowest BCUT2D eigenvalue weighted by molar-refractivity contribution is 0.118. The van der Waals surface area contributed by atoms with Crippen molar-refractivity contribution >= 4 is 0 Å². The number of rotatable bonds is 5. The summed E-state index contributed by atoms with van der Waals surface area (Å²) in [7, 11) is 0. The molecule has 1 heterocycles. The first-order chi connectivity index (χ1) is 12.6. The van der Waals surface area contributed by atoms with Crippen molar-refractivity contribution < 1.29 is 9.50 Å². The average molecular weight is 355 g/mol. The fourth-order valence-electron chi connectivity index (χ4n) is 5.23. The summed E-state index contributed by atoms with van der Waals surface area (Å²) in [4.78, 5) is 2.61. The maximum atomic E-state index is 14.1. The predicted molar refractivity (Wildman–Crippen MR) is 104 cm³/mol. The summed E-state index contributed by atoms with van der Waals surface area (Å²) < 4.78 is 14.1. The van der Waals surface area contributed by atoms with Gasteiger partial charge in [0.05, 0.1) is 0 Å². The fraction of sp³-hybridized carbons (Fsp3) is 0.565. The van der Waals surface area contributed by atoms with Gasteiger partial charge in [0, 0.05) is 17.5 Å². The molecule has 1 aliphatic heterocycles. The SMILES string of the molecule is CCC1C=CC=CC1(c1cc(F)ccc1O)C1CCN(CC2CC2)CC1. The van der Waals surface area contributed by atoms with Crippen LogP contribution in [0.3, 0.4) is 0 Å². The number of allylic oxidation sites excluding steroid dienone is 4. The van der Waals surface area contributed by atoms with E-state index in [0.29, 0.717) is 11.8 Å². The normalized spacial score (nSPS) is 30.0. The molecular formula is C23H30FNO. The molecule has 3 heteroatoms. The molecule has 3 aliphatic rings. The third-order valence-electron chi connectivity index (χ3n) is 6.78. The average Bonchev–Trinajstić information content (AvgIpc) is 3.48. The Hall–Kier alpha value is -1.61. The molecule has 0 bridgehead atoms. The summed E-state index contributed by atoms with van der Waals surface area (Å²) in [6, 6.07) is 4.44. The van der Waals surface area contributed by atoms with Gasteiger partial charge in [-0.2, -0.15) is 0 Å². The van der Waals surface area contributed by atoms with Crippen LogP contribution in [0.4, 0.5) is 4.39 Å². The van der Waals surface area contributed by atoms with E-state index in [-0.39, 0.29) is 17.0 Å². The number of nitrogens with zero attached hydrogens (tertiary/aromatic N) is 1. The molecule has 2 unspecified atom stereocenters. The van der Waals surface area contributed by atoms with Crippen LogP contribution >= 0.6 is 0 Å². The van der Waals surface area contributed by atoms with Crippen LogP contribution in [-0.2, 0) is 5.41 Å². The highest BCUT2D eigenvalue weighted by molar-refractivity contribution is 5.47. The van der Waals surface area contributed by atoms with E-state index in [4.69, 9.17) is 0 Å². The quantitative estimate of drug-likeness (QED) is 0.799. The molecule has 1 saturated heterocycles. The molecule has 0 radical (unpaired) electrons. The maximum Gasteiger partial charge on any atom is 0.123 e. The van der Waals surface area contributed by atoms with Crippen molar-refractivity contribution in [3.8, 4) is 5.75 Å². The molecule has 0 spiro atoms. The minimum Gasteiger partial charge on any atom is -0.508 e. The van der Waals surface area contributed by atoms with E-state index in [1.165, 1.54) is 31.5 Å². The van der Waals surface area contributed by atoms with Gasteiger partial charge in [-0.25, -0.2) is 4.39 Å². The van der Waals surface area contributed by atoms with Crippen molar-refractivity contribution in [1.29, 1.82) is 0 Å². The zero-order chi connectivity index (χ0) is 18.1. The number of hydrogen-bond acceptors (Lipinski definition) is 2. The molecule has 2 nitrogen and oxygen atoms in total. The van der Waals surface area contributed by atoms with E-state index in [1.54, 1.807) is 6.07 Å². The van der Waals surface area contributed by atoms with Gasteiger partial charge in [-0.05, 0) is 81.1 Å². The number of halogens is 1. The van der Waals surface area contributed by atoms with Crippen LogP contribution in [0.1, 0.15) is 44.6 Å². The second kappa shape index (κ2) is 7.19. The van der Waals surface area contributed by atoms with Crippen LogP contribution < -0.4 is 0 Å². The second-order valence-corrected chi connectivity index (χ2v) is 8.37. The van der Waals surface area contributed by atoms with Gasteiger partial charge >= 0.3 is 0 Å². The Morgan fingerprint density at radius 3 is 2.62 bits per heavy atom. The van der Waals surface area contributed by atoms with Gasteiger partial charge in [0.15, 0.2) is 0 Å². The number of phenolic OH excluding ortho intramolecular Hbond substituents is 1. The summed E-state index contributed by atoms with van der Waals surface area (Å²) in [6.45, 7) is 5.68. The number of hydrogen-bond donors (Lipinski definition) is 1. The smallest absolute Gasteiger partial charge is 0.123 e. The maximum absolute atomic E-state index is 14.1. The van der Waals surface area contributed by atoms with Crippen molar-refractivity contribution in [2.24, 2.45) is 17.8 Å². The number of piperidine rings is 1. The van der Waals surface area contributed by atoms with Crippen molar-refractivity contribution in [2.75, 3.05) is 19.6 Å². The van der Waals surface area contributed by atoms with E-state index < -0.39 is 0 Å². The van der Waals surface area contributed by atoms with Crippen molar-refractivity contribution in [3.63, 3.8) is 0 Å². The third-order valence-corrected chi connectivity index (χ3v) is 6.78. The topological polar surface area (TPSA) is 23.5 Å². The molecule has 0 amide bonds. The van der Waals surface area contributed by atoms with Gasteiger partial charge in [-0.15, -0.1) is 0 Å². The Kier molecular flexibility index (Phi) is 4.92. The van der Waals surface area contributed by atoms with E-state index in [2.05, 4.69) is 36.1 Å². The van der Waals surface area contributed by atoms with Crippen molar-refractivity contribution in [1.82, 2.24) is 4.90 Å². The summed E-state index contributed by atoms with van der Waals surface area (Å²) in [5, 5.41) is 10.6. The van der Waals surface area contributed by atoms with Crippen molar-refractivity contribution in [3.05, 3.63) is 53.9 Å². The first kappa shape index (κ1) is 17.8. The molecule has 2 fully saturated rings. The van der Waals surface area contributed by atoms with Crippen LogP contribution in [0.25, 0.3) is 0 Å². The van der Waals surface area contributed by atoms with E-state index in [1.807, 2.05) is 0 Å². The third kappa shape index (κ3) is 3.22. The largest absolute Gasteiger partial charge is 0.508 e. The van der Waals surface area contributed by atoms with E-state index in [0.717, 1.165) is 43.8 Å². The fourth-order valence-corrected chi connectivity index (χ4v) is 5.23. The standard InChI is InChI=1S/C23H30FNO/c1-2-18-5-3-4-12-23(18,21-15-20(24)8-9-22(21)26)19-10-13-25(14-11-19)16-17-6-7-17/h3-5,8-9,12,15,17-19,26H,2,6-7,10-11,13-14,16H2,1H3. The first-order valence-electron chi connectivity index (χ1n) is 10.2. The van der Waals surface area contributed by atoms with Crippen LogP contribution in [0.15, 0.2) is 42.5 Å². The highest BCUT2D eigenvalue weighted by Crippen LogP contribution is 2.51. The van der Waals surface area contributed by atoms with Gasteiger partial charge < -0.3 is 10.0 Å². The van der Waals surface area contributed by atoms with Crippen LogP contribution in [0, 0.1) is 23.6 Å². The van der Waals surface area contributed by atoms with Crippen LogP contribution in [-0.4, -0.2) is 29.6 Å². The Bertz CT molecular complexity index is 700. The zero-order valence-corrected chi connectivity index (χ0v) is 15.7. The highest BCUT2D eigenvalue weighted by atomic mass is 19.1. The summed E-state index contributed by atoms with van der Waals surface area (Å²) in [5.41, 5.74) is 0.465. The molecule has 1 N–H and O–H groups in total. The molecule has 0 aromatic heterocycles. The number of phenols is 1. The highest BCUT2D eigenvalue weighted by Gasteiger charge is 2.46. The summed E-state index contributed by atoms with van der Waals surface area (Å²) >= 11 is 0. The van der Waals surface area contributed by atoms with E-state index >= 15 is 0 Å². The summed E-state index contributed by atoms with van der Waals surface area (Å²) in [6.07, 6.45) is 14.7. The molecule has 4 rings (SSSR count). The van der Waals surface area contributed by atoms with Crippen LogP contribution in [0.2, 0.25) is 0 Å². The zero-order valence-electron chi connectivity index (χ0n) is 15.7. The monoisotopic (exact) mass is 355 g/mol. The molecule has 1 aromatic carbocycles. The minimum atomic E-state index is -0.304. The van der Waals surface area contributed by atoms with Gasteiger partial charge in [0.2, 0.25) is 0 Å². The lowest BCUT2D eigenvalue weighted by Gasteiger charge is -2.48. The van der Waals surface area contributed by atoms with Gasteiger partial charge in [-0.3, -0.25) is 0 Å². The number of benzene rings is 1. The van der Waals surface area contributed by atoms with Gasteiger partial charge in [-0.1, -0.05) is 31.2 Å². The molecule has 2 atom stereocenters. The predicted octanol–water partition coefficient (Wildman–Crippen LogP) is 5.04. The Balaban J connectivity index is 1.66. The Morgan fingerprint density at radius 1 is 1.15 bits per heavy atom. The second-order valence-electron chi connectivity index (χ2n) is 8.37. The Labute approximate surface area is 156 Å². The minimum absolute atomic E-state index is 0.227. The number of likely N-dealkylation sites (tertiary alicyclic amines) is 1.